The molecule has 3 rings (SSSR count). The van der Waals surface area contributed by atoms with E-state index in [9.17, 15) is 14.0 Å². The van der Waals surface area contributed by atoms with Crippen LogP contribution < -0.4 is 15.6 Å². The number of aromatic nitrogens is 1. The fourth-order valence-electron chi connectivity index (χ4n) is 2.96. The Kier molecular flexibility index (Phi) is 6.03. The molecule has 2 aromatic rings. The topological polar surface area (TPSA) is 74.6 Å². The van der Waals surface area contributed by atoms with Crippen LogP contribution >= 0.6 is 0 Å². The van der Waals surface area contributed by atoms with Crippen LogP contribution in [0.3, 0.4) is 0 Å². The Balaban J connectivity index is 0.00000208. The third-order valence-corrected chi connectivity index (χ3v) is 4.18. The van der Waals surface area contributed by atoms with Gasteiger partial charge in [0.1, 0.15) is 11.4 Å². The summed E-state index contributed by atoms with van der Waals surface area (Å²) < 4.78 is 16.2. The average molecular weight is 343 g/mol. The summed E-state index contributed by atoms with van der Waals surface area (Å²) in [7, 11) is 0. The third-order valence-electron chi connectivity index (χ3n) is 4.18. The summed E-state index contributed by atoms with van der Waals surface area (Å²) in [5.41, 5.74) is 0.0118. The van der Waals surface area contributed by atoms with Crippen LogP contribution in [0.4, 0.5) is 10.1 Å². The van der Waals surface area contributed by atoms with Crippen LogP contribution in [0.15, 0.2) is 23.1 Å². The first-order valence-corrected chi connectivity index (χ1v) is 7.58. The van der Waals surface area contributed by atoms with E-state index in [2.05, 4.69) is 5.32 Å². The second-order valence-electron chi connectivity index (χ2n) is 5.52. The van der Waals surface area contributed by atoms with Gasteiger partial charge in [-0.05, 0) is 19.1 Å². The predicted molar refractivity (Wildman–Crippen MR) is 93.0 cm³/mol. The first kappa shape index (κ1) is 18.9. The van der Waals surface area contributed by atoms with Gasteiger partial charge >= 0.3 is 35.5 Å². The number of hydrogen-bond acceptors (Lipinski definition) is 4. The number of pyridine rings is 1. The fraction of sp³-hybridized carbons (Fsp3) is 0.375. The standard InChI is InChI=1S/C16H18FN3O3.Na.H/c1-2-19-9-11(16(22)23)15(21)10-7-12(17)14(8-13(10)19)20-5-3-18-4-6-20;;/h7-9,18H,2-6H2,1H3,(H,22,23);;. The Morgan fingerprint density at radius 1 is 1.33 bits per heavy atom. The van der Waals surface area contributed by atoms with Crippen molar-refractivity contribution in [1.82, 2.24) is 9.88 Å². The average Bonchev–Trinajstić information content (AvgIpc) is 2.55. The zero-order valence-electron chi connectivity index (χ0n) is 12.8. The summed E-state index contributed by atoms with van der Waals surface area (Å²) in [6.45, 7) is 5.26. The molecule has 2 heterocycles. The summed E-state index contributed by atoms with van der Waals surface area (Å²) in [4.78, 5) is 25.4. The van der Waals surface area contributed by atoms with Gasteiger partial charge in [-0.3, -0.25) is 4.79 Å². The van der Waals surface area contributed by atoms with Crippen molar-refractivity contribution in [3.63, 3.8) is 0 Å². The van der Waals surface area contributed by atoms with Gasteiger partial charge in [-0.25, -0.2) is 9.18 Å². The number of aromatic carboxylic acids is 1. The minimum absolute atomic E-state index is 0. The van der Waals surface area contributed by atoms with Gasteiger partial charge in [0.05, 0.1) is 11.2 Å². The van der Waals surface area contributed by atoms with Crippen molar-refractivity contribution in [2.24, 2.45) is 0 Å². The second kappa shape index (κ2) is 7.65. The Morgan fingerprint density at radius 3 is 2.58 bits per heavy atom. The summed E-state index contributed by atoms with van der Waals surface area (Å²) >= 11 is 0. The van der Waals surface area contributed by atoms with Gasteiger partial charge in [0, 0.05) is 44.3 Å². The Hall–Kier alpha value is -1.41. The molecular weight excluding hydrogens is 324 g/mol. The number of fused-ring (bicyclic) bond motifs is 1. The number of nitrogens with one attached hydrogen (secondary N) is 1. The van der Waals surface area contributed by atoms with Crippen LogP contribution in [-0.2, 0) is 6.54 Å². The quantitative estimate of drug-likeness (QED) is 0.800. The van der Waals surface area contributed by atoms with Gasteiger partial charge in [-0.2, -0.15) is 0 Å². The monoisotopic (exact) mass is 343 g/mol. The van der Waals surface area contributed by atoms with Crippen LogP contribution in [0.2, 0.25) is 0 Å². The zero-order valence-corrected chi connectivity index (χ0v) is 12.8. The van der Waals surface area contributed by atoms with E-state index in [1.165, 1.54) is 6.20 Å². The maximum absolute atomic E-state index is 14.5. The molecule has 1 aliphatic heterocycles. The summed E-state index contributed by atoms with van der Waals surface area (Å²) in [6, 6.07) is 2.81. The normalized spacial score (nSPS) is 14.5. The van der Waals surface area contributed by atoms with Crippen molar-refractivity contribution in [1.29, 1.82) is 0 Å². The molecule has 0 unspecified atom stereocenters. The van der Waals surface area contributed by atoms with Gasteiger partial charge < -0.3 is 19.9 Å². The summed E-state index contributed by atoms with van der Waals surface area (Å²) in [6.07, 6.45) is 1.33. The molecule has 124 valence electrons. The molecule has 0 radical (unpaired) electrons. The van der Waals surface area contributed by atoms with E-state index in [1.807, 2.05) is 11.8 Å². The van der Waals surface area contributed by atoms with Crippen molar-refractivity contribution >= 4 is 52.1 Å². The van der Waals surface area contributed by atoms with E-state index >= 15 is 0 Å². The molecule has 1 aliphatic rings. The molecule has 8 heteroatoms. The molecule has 24 heavy (non-hydrogen) atoms. The SMILES string of the molecule is CCn1cc(C(=O)O)c(=O)c2cc(F)c(N3CCNCC3)cc21.[NaH]. The fourth-order valence-corrected chi connectivity index (χ4v) is 2.96. The number of halogens is 1. The van der Waals surface area contributed by atoms with E-state index < -0.39 is 17.2 Å². The van der Waals surface area contributed by atoms with Gasteiger partial charge in [0.25, 0.3) is 0 Å². The number of benzene rings is 1. The molecule has 0 atom stereocenters. The Labute approximate surface area is 160 Å². The molecule has 1 aromatic heterocycles. The van der Waals surface area contributed by atoms with Gasteiger partial charge in [0.2, 0.25) is 5.43 Å². The molecule has 0 spiro atoms. The molecule has 1 fully saturated rings. The maximum atomic E-state index is 14.5. The Morgan fingerprint density at radius 2 is 2.00 bits per heavy atom. The summed E-state index contributed by atoms with van der Waals surface area (Å²) in [5, 5.41) is 12.5. The van der Waals surface area contributed by atoms with Crippen LogP contribution in [0.1, 0.15) is 17.3 Å². The number of rotatable bonds is 3. The first-order valence-electron chi connectivity index (χ1n) is 7.58. The van der Waals surface area contributed by atoms with E-state index in [0.717, 1.165) is 19.2 Å². The van der Waals surface area contributed by atoms with Gasteiger partial charge in [-0.15, -0.1) is 0 Å². The number of anilines is 1. The van der Waals surface area contributed by atoms with Gasteiger partial charge in [-0.1, -0.05) is 0 Å². The van der Waals surface area contributed by atoms with Crippen LogP contribution in [0.5, 0.6) is 0 Å². The summed E-state index contributed by atoms with van der Waals surface area (Å²) in [5.74, 6) is -1.80. The molecule has 2 N–H and O–H groups in total. The number of carboxylic acid groups (broad SMARTS) is 1. The third kappa shape index (κ3) is 3.35. The van der Waals surface area contributed by atoms with Crippen LogP contribution in [0.25, 0.3) is 10.9 Å². The van der Waals surface area contributed by atoms with Crippen molar-refractivity contribution < 1.29 is 14.3 Å². The number of nitrogens with zero attached hydrogens (tertiary/aromatic N) is 2. The molecular formula is C16H19FN3NaO3. The van der Waals surface area contributed by atoms with E-state index in [0.29, 0.717) is 30.8 Å². The first-order chi connectivity index (χ1) is 11.0. The van der Waals surface area contributed by atoms with E-state index in [4.69, 9.17) is 5.11 Å². The molecule has 0 saturated carbocycles. The number of hydrogen-bond donors (Lipinski definition) is 2. The van der Waals surface area contributed by atoms with Crippen LogP contribution in [-0.4, -0.2) is 71.4 Å². The van der Waals surface area contributed by atoms with Crippen molar-refractivity contribution in [2.45, 2.75) is 13.5 Å². The number of carbonyl (C=O) groups is 1. The molecule has 1 saturated heterocycles. The minimum atomic E-state index is -1.30. The van der Waals surface area contributed by atoms with Crippen molar-refractivity contribution in [3.8, 4) is 0 Å². The van der Waals surface area contributed by atoms with E-state index in [-0.39, 0.29) is 40.5 Å². The molecule has 0 amide bonds. The van der Waals surface area contributed by atoms with Crippen LogP contribution in [0, 0.1) is 5.82 Å². The number of piperazine rings is 1. The molecule has 0 bridgehead atoms. The zero-order chi connectivity index (χ0) is 16.6. The van der Waals surface area contributed by atoms with Crippen molar-refractivity contribution in [2.75, 3.05) is 31.1 Å². The van der Waals surface area contributed by atoms with E-state index in [1.54, 1.807) is 10.6 Å². The van der Waals surface area contributed by atoms with Gasteiger partial charge in [0.15, 0.2) is 0 Å². The second-order valence-corrected chi connectivity index (χ2v) is 5.52. The molecule has 6 nitrogen and oxygen atoms in total. The number of aryl methyl sites for hydroxylation is 1. The molecule has 1 aromatic carbocycles. The van der Waals surface area contributed by atoms with Crippen molar-refractivity contribution in [3.05, 3.63) is 39.9 Å². The Bertz CT molecular complexity index is 831. The number of carboxylic acids is 1. The molecule has 0 aliphatic carbocycles. The predicted octanol–water partition coefficient (Wildman–Crippen LogP) is 0.620.